The summed E-state index contributed by atoms with van der Waals surface area (Å²) in [5.41, 5.74) is 0. The van der Waals surface area contributed by atoms with Crippen LogP contribution in [0.1, 0.15) is 47.0 Å². The third-order valence-corrected chi connectivity index (χ3v) is 10.6. The lowest BCUT2D eigenvalue weighted by molar-refractivity contribution is -0.168. The first-order chi connectivity index (χ1) is 13.7. The topological polar surface area (TPSA) is 38.8 Å². The van der Waals surface area contributed by atoms with Crippen LogP contribution in [0.2, 0.25) is 5.04 Å². The molecule has 1 atom stereocenters. The molecule has 0 aliphatic rings. The number of rotatable bonds is 9. The van der Waals surface area contributed by atoms with Crippen molar-refractivity contribution in [1.82, 2.24) is 5.06 Å². The van der Waals surface area contributed by atoms with Crippen LogP contribution in [0, 0.1) is 0 Å². The van der Waals surface area contributed by atoms with Gasteiger partial charge >= 0.3 is 0 Å². The Bertz CT molecular complexity index is 719. The Morgan fingerprint density at radius 1 is 1.00 bits per heavy atom. The molecule has 2 aromatic carbocycles. The summed E-state index contributed by atoms with van der Waals surface area (Å²) in [7, 11) is 0.612. The summed E-state index contributed by atoms with van der Waals surface area (Å²) in [6, 6.07) is 21.3. The zero-order chi connectivity index (χ0) is 21.5. The standard InChI is InChI=1S/C24H35NO3Si/c1-20(14-13-19-23(26)25(5)27-6)28-29(24(2,3)4,21-15-9-7-10-16-21)22-17-11-8-12-18-22/h7-12,15-18,20H,13-14,19H2,1-6H3/t20-/m0/s1. The fourth-order valence-electron chi connectivity index (χ4n) is 3.85. The lowest BCUT2D eigenvalue weighted by atomic mass is 10.2. The molecule has 5 heteroatoms. The maximum Gasteiger partial charge on any atom is 0.261 e. The van der Waals surface area contributed by atoms with Crippen LogP contribution in [0.4, 0.5) is 0 Å². The van der Waals surface area contributed by atoms with E-state index in [-0.39, 0.29) is 17.0 Å². The van der Waals surface area contributed by atoms with Gasteiger partial charge in [0.25, 0.3) is 8.32 Å². The van der Waals surface area contributed by atoms with Crippen LogP contribution in [0.15, 0.2) is 60.7 Å². The molecule has 158 valence electrons. The van der Waals surface area contributed by atoms with Crippen molar-refractivity contribution in [2.24, 2.45) is 0 Å². The first-order valence-corrected chi connectivity index (χ1v) is 12.2. The summed E-state index contributed by atoms with van der Waals surface area (Å²) in [5, 5.41) is 3.80. The Labute approximate surface area is 176 Å². The summed E-state index contributed by atoms with van der Waals surface area (Å²) in [5.74, 6) is -0.00912. The van der Waals surface area contributed by atoms with E-state index in [4.69, 9.17) is 9.26 Å². The summed E-state index contributed by atoms with van der Waals surface area (Å²) in [4.78, 5) is 17.0. The van der Waals surface area contributed by atoms with Gasteiger partial charge in [-0.15, -0.1) is 0 Å². The number of carbonyl (C=O) groups is 1. The van der Waals surface area contributed by atoms with Crippen LogP contribution >= 0.6 is 0 Å². The quantitative estimate of drug-likeness (QED) is 0.458. The lowest BCUT2D eigenvalue weighted by Gasteiger charge is -2.44. The molecule has 29 heavy (non-hydrogen) atoms. The van der Waals surface area contributed by atoms with Crippen LogP contribution in [0.5, 0.6) is 0 Å². The molecule has 0 radical (unpaired) electrons. The van der Waals surface area contributed by atoms with Crippen molar-refractivity contribution in [3.05, 3.63) is 60.7 Å². The van der Waals surface area contributed by atoms with E-state index in [2.05, 4.69) is 88.4 Å². The van der Waals surface area contributed by atoms with Crippen molar-refractivity contribution in [2.75, 3.05) is 14.2 Å². The smallest absolute Gasteiger partial charge is 0.261 e. The van der Waals surface area contributed by atoms with Crippen LogP contribution < -0.4 is 10.4 Å². The third kappa shape index (κ3) is 5.56. The number of hydrogen-bond acceptors (Lipinski definition) is 3. The van der Waals surface area contributed by atoms with Crippen molar-refractivity contribution in [3.8, 4) is 0 Å². The van der Waals surface area contributed by atoms with E-state index in [9.17, 15) is 4.79 Å². The van der Waals surface area contributed by atoms with E-state index in [1.165, 1.54) is 22.5 Å². The van der Waals surface area contributed by atoms with Gasteiger partial charge < -0.3 is 4.43 Å². The van der Waals surface area contributed by atoms with Gasteiger partial charge in [0.2, 0.25) is 5.91 Å². The first-order valence-electron chi connectivity index (χ1n) is 10.3. The summed E-state index contributed by atoms with van der Waals surface area (Å²) >= 11 is 0. The van der Waals surface area contributed by atoms with Crippen LogP contribution in [0.25, 0.3) is 0 Å². The number of amides is 1. The molecule has 0 heterocycles. The van der Waals surface area contributed by atoms with Crippen molar-refractivity contribution < 1.29 is 14.1 Å². The Morgan fingerprint density at radius 3 is 1.90 bits per heavy atom. The molecule has 1 amide bonds. The molecular weight excluding hydrogens is 378 g/mol. The zero-order valence-electron chi connectivity index (χ0n) is 18.6. The van der Waals surface area contributed by atoms with Crippen LogP contribution in [0.3, 0.4) is 0 Å². The number of hydrogen-bond donors (Lipinski definition) is 0. The second-order valence-electron chi connectivity index (χ2n) is 8.56. The third-order valence-electron chi connectivity index (χ3n) is 5.42. The van der Waals surface area contributed by atoms with Crippen molar-refractivity contribution in [3.63, 3.8) is 0 Å². The van der Waals surface area contributed by atoms with Gasteiger partial charge in [0.05, 0.1) is 7.11 Å². The summed E-state index contributed by atoms with van der Waals surface area (Å²) in [6.07, 6.45) is 2.10. The number of benzene rings is 2. The molecule has 4 nitrogen and oxygen atoms in total. The molecule has 0 unspecified atom stereocenters. The molecule has 0 aliphatic carbocycles. The van der Waals surface area contributed by atoms with Gasteiger partial charge in [-0.3, -0.25) is 9.63 Å². The highest BCUT2D eigenvalue weighted by Crippen LogP contribution is 2.37. The highest BCUT2D eigenvalue weighted by Gasteiger charge is 2.50. The Morgan fingerprint density at radius 2 is 1.48 bits per heavy atom. The van der Waals surface area contributed by atoms with Crippen molar-refractivity contribution in [1.29, 1.82) is 0 Å². The largest absolute Gasteiger partial charge is 0.405 e. The van der Waals surface area contributed by atoms with Gasteiger partial charge in [-0.05, 0) is 35.2 Å². The molecule has 0 bridgehead atoms. The van der Waals surface area contributed by atoms with E-state index < -0.39 is 8.32 Å². The molecule has 2 rings (SSSR count). The molecule has 0 aliphatic heterocycles. The molecule has 0 saturated heterocycles. The second-order valence-corrected chi connectivity index (χ2v) is 12.8. The van der Waals surface area contributed by atoms with Gasteiger partial charge in [-0.2, -0.15) is 0 Å². The predicted molar refractivity (Wildman–Crippen MR) is 122 cm³/mol. The molecule has 0 N–H and O–H groups in total. The molecule has 0 saturated carbocycles. The van der Waals surface area contributed by atoms with E-state index in [1.807, 2.05) is 0 Å². The Hall–Kier alpha value is -1.95. The zero-order valence-corrected chi connectivity index (χ0v) is 19.6. The maximum atomic E-state index is 12.0. The summed E-state index contributed by atoms with van der Waals surface area (Å²) < 4.78 is 7.03. The van der Waals surface area contributed by atoms with E-state index in [0.29, 0.717) is 6.42 Å². The highest BCUT2D eigenvalue weighted by molar-refractivity contribution is 6.99. The normalized spacial score (nSPS) is 13.2. The van der Waals surface area contributed by atoms with Gasteiger partial charge in [-0.25, -0.2) is 5.06 Å². The molecule has 0 aromatic heterocycles. The number of carbonyl (C=O) groups excluding carboxylic acids is 1. The van der Waals surface area contributed by atoms with Gasteiger partial charge in [0.1, 0.15) is 0 Å². The fourth-order valence-corrected chi connectivity index (χ4v) is 8.59. The van der Waals surface area contributed by atoms with Gasteiger partial charge in [0, 0.05) is 19.6 Å². The SMILES string of the molecule is CON(C)C(=O)CCC[C@H](C)O[Si](c1ccccc1)(c1ccccc1)C(C)(C)C. The maximum absolute atomic E-state index is 12.0. The number of nitrogens with zero attached hydrogens (tertiary/aromatic N) is 1. The summed E-state index contributed by atoms with van der Waals surface area (Å²) in [6.45, 7) is 8.97. The molecule has 0 fully saturated rings. The minimum atomic E-state index is -2.54. The second kappa shape index (κ2) is 10.2. The molecular formula is C24H35NO3Si. The van der Waals surface area contributed by atoms with Crippen LogP contribution in [-0.2, 0) is 14.1 Å². The van der Waals surface area contributed by atoms with Crippen LogP contribution in [-0.4, -0.2) is 39.5 Å². The predicted octanol–water partition coefficient (Wildman–Crippen LogP) is 4.14. The van der Waals surface area contributed by atoms with E-state index in [0.717, 1.165) is 12.8 Å². The monoisotopic (exact) mass is 413 g/mol. The van der Waals surface area contributed by atoms with Gasteiger partial charge in [-0.1, -0.05) is 81.4 Å². The number of hydroxylamine groups is 2. The Balaban J connectivity index is 2.30. The fraction of sp³-hybridized carbons (Fsp3) is 0.458. The highest BCUT2D eigenvalue weighted by atomic mass is 28.4. The average molecular weight is 414 g/mol. The molecule has 0 spiro atoms. The first kappa shape index (κ1) is 23.3. The van der Waals surface area contributed by atoms with E-state index in [1.54, 1.807) is 7.05 Å². The average Bonchev–Trinajstić information content (AvgIpc) is 2.71. The Kier molecular flexibility index (Phi) is 8.20. The van der Waals surface area contributed by atoms with Crippen molar-refractivity contribution >= 4 is 24.6 Å². The molecule has 2 aromatic rings. The van der Waals surface area contributed by atoms with E-state index >= 15 is 0 Å². The van der Waals surface area contributed by atoms with Gasteiger partial charge in [0.15, 0.2) is 0 Å². The minimum Gasteiger partial charge on any atom is -0.405 e. The van der Waals surface area contributed by atoms with Crippen molar-refractivity contribution in [2.45, 2.75) is 58.1 Å². The minimum absolute atomic E-state index is 0.00912. The lowest BCUT2D eigenvalue weighted by Crippen LogP contribution is -2.67.